The fraction of sp³-hybridized carbons (Fsp3) is 0.500. The molecular formula is C8H10O3. The molecule has 0 aromatic heterocycles. The third kappa shape index (κ3) is 1.67. The summed E-state index contributed by atoms with van der Waals surface area (Å²) in [5.41, 5.74) is 0. The van der Waals surface area contributed by atoms with Crippen molar-refractivity contribution in [3.63, 3.8) is 0 Å². The highest BCUT2D eigenvalue weighted by Crippen LogP contribution is 2.23. The van der Waals surface area contributed by atoms with E-state index < -0.39 is 11.9 Å². The van der Waals surface area contributed by atoms with E-state index in [9.17, 15) is 9.59 Å². The molecule has 1 unspecified atom stereocenters. The zero-order chi connectivity index (χ0) is 8.27. The van der Waals surface area contributed by atoms with Crippen LogP contribution in [0.15, 0.2) is 12.2 Å². The maximum absolute atomic E-state index is 10.5. The van der Waals surface area contributed by atoms with Gasteiger partial charge in [0, 0.05) is 5.92 Å². The van der Waals surface area contributed by atoms with Crippen LogP contribution in [0.5, 0.6) is 0 Å². The summed E-state index contributed by atoms with van der Waals surface area (Å²) in [5, 5.41) is 8.65. The average Bonchev–Trinajstić information content (AvgIpc) is 2.04. The van der Waals surface area contributed by atoms with Gasteiger partial charge in [0.1, 0.15) is 6.29 Å². The summed E-state index contributed by atoms with van der Waals surface area (Å²) in [7, 11) is 0. The van der Waals surface area contributed by atoms with Crippen molar-refractivity contribution >= 4 is 12.3 Å². The normalized spacial score (nSPS) is 29.8. The SMILES string of the molecule is O=C[C@H]1CC=CCC1C(=O)O. The number of allylic oxidation sites excluding steroid dienone is 2. The highest BCUT2D eigenvalue weighted by atomic mass is 16.4. The van der Waals surface area contributed by atoms with E-state index in [4.69, 9.17) is 5.11 Å². The zero-order valence-electron chi connectivity index (χ0n) is 6.06. The van der Waals surface area contributed by atoms with Gasteiger partial charge in [0.15, 0.2) is 0 Å². The van der Waals surface area contributed by atoms with E-state index in [1.165, 1.54) is 0 Å². The van der Waals surface area contributed by atoms with Crippen molar-refractivity contribution in [2.75, 3.05) is 0 Å². The molecule has 60 valence electrons. The molecule has 0 saturated carbocycles. The molecule has 2 atom stereocenters. The Labute approximate surface area is 64.7 Å². The summed E-state index contributed by atoms with van der Waals surface area (Å²) < 4.78 is 0. The summed E-state index contributed by atoms with van der Waals surface area (Å²) in [6.07, 6.45) is 5.47. The lowest BCUT2D eigenvalue weighted by molar-refractivity contribution is -0.145. The summed E-state index contributed by atoms with van der Waals surface area (Å²) in [4.78, 5) is 20.9. The van der Waals surface area contributed by atoms with Crippen molar-refractivity contribution in [3.8, 4) is 0 Å². The van der Waals surface area contributed by atoms with Gasteiger partial charge < -0.3 is 9.90 Å². The maximum Gasteiger partial charge on any atom is 0.307 e. The first-order chi connectivity index (χ1) is 5.25. The number of rotatable bonds is 2. The van der Waals surface area contributed by atoms with Gasteiger partial charge in [-0.25, -0.2) is 0 Å². The molecule has 11 heavy (non-hydrogen) atoms. The van der Waals surface area contributed by atoms with E-state index >= 15 is 0 Å². The number of hydrogen-bond donors (Lipinski definition) is 1. The minimum Gasteiger partial charge on any atom is -0.481 e. The third-order valence-corrected chi connectivity index (χ3v) is 1.97. The molecule has 0 heterocycles. The monoisotopic (exact) mass is 154 g/mol. The van der Waals surface area contributed by atoms with Crippen molar-refractivity contribution in [1.29, 1.82) is 0 Å². The van der Waals surface area contributed by atoms with Gasteiger partial charge in [0.2, 0.25) is 0 Å². The first-order valence-electron chi connectivity index (χ1n) is 3.59. The first kappa shape index (κ1) is 7.98. The van der Waals surface area contributed by atoms with Gasteiger partial charge in [-0.2, -0.15) is 0 Å². The number of carboxylic acid groups (broad SMARTS) is 1. The Bertz CT molecular complexity index is 196. The fourth-order valence-electron chi connectivity index (χ4n) is 1.27. The topological polar surface area (TPSA) is 54.4 Å². The molecule has 3 nitrogen and oxygen atoms in total. The number of hydrogen-bond acceptors (Lipinski definition) is 2. The predicted octanol–water partition coefficient (Wildman–Crippen LogP) is 0.852. The van der Waals surface area contributed by atoms with Crippen LogP contribution in [-0.2, 0) is 9.59 Å². The molecule has 1 aliphatic rings. The van der Waals surface area contributed by atoms with E-state index in [0.717, 1.165) is 6.29 Å². The van der Waals surface area contributed by atoms with Gasteiger partial charge in [-0.3, -0.25) is 4.79 Å². The van der Waals surface area contributed by atoms with Crippen molar-refractivity contribution in [1.82, 2.24) is 0 Å². The average molecular weight is 154 g/mol. The van der Waals surface area contributed by atoms with Crippen molar-refractivity contribution in [3.05, 3.63) is 12.2 Å². The fourth-order valence-corrected chi connectivity index (χ4v) is 1.27. The predicted molar refractivity (Wildman–Crippen MR) is 39.1 cm³/mol. The smallest absolute Gasteiger partial charge is 0.307 e. The molecule has 0 saturated heterocycles. The molecule has 1 rings (SSSR count). The van der Waals surface area contributed by atoms with Crippen LogP contribution in [0, 0.1) is 11.8 Å². The van der Waals surface area contributed by atoms with Crippen LogP contribution < -0.4 is 0 Å². The lowest BCUT2D eigenvalue weighted by atomic mass is 9.84. The van der Waals surface area contributed by atoms with Crippen LogP contribution in [0.3, 0.4) is 0 Å². The molecular weight excluding hydrogens is 144 g/mol. The van der Waals surface area contributed by atoms with E-state index in [-0.39, 0.29) is 5.92 Å². The third-order valence-electron chi connectivity index (χ3n) is 1.97. The number of aliphatic carboxylic acids is 1. The summed E-state index contributed by atoms with van der Waals surface area (Å²) >= 11 is 0. The molecule has 1 aliphatic carbocycles. The molecule has 0 aliphatic heterocycles. The Morgan fingerprint density at radius 2 is 2.09 bits per heavy atom. The highest BCUT2D eigenvalue weighted by molar-refractivity contribution is 5.75. The Balaban J connectivity index is 2.68. The zero-order valence-corrected chi connectivity index (χ0v) is 6.06. The van der Waals surface area contributed by atoms with Gasteiger partial charge in [0.05, 0.1) is 5.92 Å². The molecule has 0 aromatic rings. The number of aldehydes is 1. The molecule has 0 amide bonds. The molecule has 0 bridgehead atoms. The van der Waals surface area contributed by atoms with Crippen LogP contribution in [-0.4, -0.2) is 17.4 Å². The highest BCUT2D eigenvalue weighted by Gasteiger charge is 2.27. The van der Waals surface area contributed by atoms with E-state index in [1.54, 1.807) is 0 Å². The van der Waals surface area contributed by atoms with Crippen molar-refractivity contribution in [2.24, 2.45) is 11.8 Å². The minimum atomic E-state index is -0.869. The van der Waals surface area contributed by atoms with Crippen LogP contribution in [0.4, 0.5) is 0 Å². The maximum atomic E-state index is 10.5. The molecule has 0 radical (unpaired) electrons. The van der Waals surface area contributed by atoms with E-state index in [0.29, 0.717) is 12.8 Å². The van der Waals surface area contributed by atoms with Crippen LogP contribution in [0.25, 0.3) is 0 Å². The largest absolute Gasteiger partial charge is 0.481 e. The molecule has 1 N–H and O–H groups in total. The minimum absolute atomic E-state index is 0.322. The number of carboxylic acids is 1. The van der Waals surface area contributed by atoms with E-state index in [2.05, 4.69) is 0 Å². The van der Waals surface area contributed by atoms with Gasteiger partial charge in [0.25, 0.3) is 0 Å². The van der Waals surface area contributed by atoms with Crippen LogP contribution >= 0.6 is 0 Å². The Morgan fingerprint density at radius 1 is 1.45 bits per heavy atom. The van der Waals surface area contributed by atoms with Crippen molar-refractivity contribution in [2.45, 2.75) is 12.8 Å². The van der Waals surface area contributed by atoms with Gasteiger partial charge in [-0.15, -0.1) is 0 Å². The van der Waals surface area contributed by atoms with Gasteiger partial charge >= 0.3 is 5.97 Å². The number of carbonyl (C=O) groups excluding carboxylic acids is 1. The summed E-state index contributed by atoms with van der Waals surface area (Å²) in [5.74, 6) is -1.69. The van der Waals surface area contributed by atoms with Gasteiger partial charge in [-0.1, -0.05) is 12.2 Å². The molecule has 0 aromatic carbocycles. The lowest BCUT2D eigenvalue weighted by Crippen LogP contribution is -2.25. The van der Waals surface area contributed by atoms with Crippen LogP contribution in [0.1, 0.15) is 12.8 Å². The van der Waals surface area contributed by atoms with Crippen LogP contribution in [0.2, 0.25) is 0 Å². The quantitative estimate of drug-likeness (QED) is 0.474. The lowest BCUT2D eigenvalue weighted by Gasteiger charge is -2.19. The standard InChI is InChI=1S/C8H10O3/c9-5-6-3-1-2-4-7(6)8(10)11/h1-2,5-7H,3-4H2,(H,10,11)/t6-,7?/m1/s1. The molecule has 0 spiro atoms. The Hall–Kier alpha value is -1.12. The van der Waals surface area contributed by atoms with E-state index in [1.807, 2.05) is 12.2 Å². The summed E-state index contributed by atoms with van der Waals surface area (Å²) in [6.45, 7) is 0. The summed E-state index contributed by atoms with van der Waals surface area (Å²) in [6, 6.07) is 0. The Kier molecular flexibility index (Phi) is 2.41. The van der Waals surface area contributed by atoms with Gasteiger partial charge in [-0.05, 0) is 12.8 Å². The first-order valence-corrected chi connectivity index (χ1v) is 3.59. The Morgan fingerprint density at radius 3 is 2.55 bits per heavy atom. The second kappa shape index (κ2) is 3.32. The second-order valence-corrected chi connectivity index (χ2v) is 2.69. The molecule has 0 fully saturated rings. The molecule has 3 heteroatoms. The van der Waals surface area contributed by atoms with Crippen molar-refractivity contribution < 1.29 is 14.7 Å². The number of carbonyl (C=O) groups is 2. The second-order valence-electron chi connectivity index (χ2n) is 2.69.